The van der Waals surface area contributed by atoms with Crippen LogP contribution < -0.4 is 0 Å². The number of imide groups is 1. The van der Waals surface area contributed by atoms with E-state index in [1.165, 1.54) is 24.3 Å². The van der Waals surface area contributed by atoms with Crippen LogP contribution in [-0.2, 0) is 0 Å². The number of hydrogen-bond acceptors (Lipinski definition) is 5. The Kier molecular flexibility index (Phi) is 4.70. The lowest BCUT2D eigenvalue weighted by Gasteiger charge is -2.23. The van der Waals surface area contributed by atoms with Gasteiger partial charge in [0.2, 0.25) is 0 Å². The van der Waals surface area contributed by atoms with Crippen molar-refractivity contribution in [1.29, 1.82) is 0 Å². The van der Waals surface area contributed by atoms with Gasteiger partial charge in [0.1, 0.15) is 0 Å². The molecule has 7 nitrogen and oxygen atoms in total. The second-order valence-electron chi connectivity index (χ2n) is 6.44. The molecule has 0 aliphatic carbocycles. The minimum Gasteiger partial charge on any atom is -0.268 e. The van der Waals surface area contributed by atoms with Crippen LogP contribution in [0.15, 0.2) is 83.9 Å². The van der Waals surface area contributed by atoms with E-state index in [0.717, 1.165) is 10.5 Å². The first-order valence-corrected chi connectivity index (χ1v) is 8.86. The number of aliphatic imine (C=N–C) groups is 1. The normalized spacial score (nSPS) is 14.3. The minimum absolute atomic E-state index is 0.0816. The first-order valence-electron chi connectivity index (χ1n) is 8.86. The lowest BCUT2D eigenvalue weighted by Crippen LogP contribution is -2.33. The molecule has 29 heavy (non-hydrogen) atoms. The smallest absolute Gasteiger partial charge is 0.268 e. The van der Waals surface area contributed by atoms with Crippen LogP contribution in [0, 0.1) is 10.1 Å². The fourth-order valence-corrected chi connectivity index (χ4v) is 3.20. The van der Waals surface area contributed by atoms with Crippen molar-refractivity contribution in [2.75, 3.05) is 0 Å². The van der Waals surface area contributed by atoms with Gasteiger partial charge in [-0.2, -0.15) is 0 Å². The number of carbonyl (C=O) groups excluding carboxylic acids is 2. The zero-order valence-electron chi connectivity index (χ0n) is 15.1. The standard InChI is InChI=1S/C22H15N3O4/c26-21-18-8-4-5-9-19(18)22(27)24(21)20(23-14-15-6-2-1-3-7-15)16-10-12-17(13-11-16)25(28)29/h1-14,20H/b23-14+. The molecule has 3 aromatic rings. The summed E-state index contributed by atoms with van der Waals surface area (Å²) in [5.74, 6) is -0.890. The van der Waals surface area contributed by atoms with Crippen LogP contribution in [0.5, 0.6) is 0 Å². The molecule has 1 heterocycles. The number of fused-ring (bicyclic) bond motifs is 1. The van der Waals surface area contributed by atoms with Crippen molar-refractivity contribution in [3.63, 3.8) is 0 Å². The van der Waals surface area contributed by atoms with Gasteiger partial charge in [-0.25, -0.2) is 4.90 Å². The molecule has 0 bridgehead atoms. The van der Waals surface area contributed by atoms with Crippen LogP contribution in [0.4, 0.5) is 5.69 Å². The van der Waals surface area contributed by atoms with Gasteiger partial charge >= 0.3 is 0 Å². The minimum atomic E-state index is -0.941. The van der Waals surface area contributed by atoms with Crippen molar-refractivity contribution in [1.82, 2.24) is 4.90 Å². The van der Waals surface area contributed by atoms with Crippen LogP contribution in [-0.4, -0.2) is 27.9 Å². The highest BCUT2D eigenvalue weighted by molar-refractivity contribution is 6.21. The second kappa shape index (κ2) is 7.47. The maximum Gasteiger partial charge on any atom is 0.269 e. The maximum atomic E-state index is 12.9. The number of nitro benzene ring substituents is 1. The van der Waals surface area contributed by atoms with Gasteiger partial charge in [-0.3, -0.25) is 24.7 Å². The number of nitrogens with zero attached hydrogens (tertiary/aromatic N) is 3. The molecule has 1 unspecified atom stereocenters. The Hall–Kier alpha value is -4.13. The average Bonchev–Trinajstić information content (AvgIpc) is 3.00. The van der Waals surface area contributed by atoms with E-state index in [0.29, 0.717) is 16.7 Å². The summed E-state index contributed by atoms with van der Waals surface area (Å²) in [5, 5.41) is 11.0. The number of carbonyl (C=O) groups is 2. The number of hydrogen-bond donors (Lipinski definition) is 0. The molecule has 1 aliphatic rings. The fourth-order valence-electron chi connectivity index (χ4n) is 3.20. The Morgan fingerprint density at radius 2 is 1.38 bits per heavy atom. The molecule has 7 heteroatoms. The van der Waals surface area contributed by atoms with Crippen molar-refractivity contribution in [2.24, 2.45) is 4.99 Å². The van der Waals surface area contributed by atoms with E-state index in [1.807, 2.05) is 30.3 Å². The van der Waals surface area contributed by atoms with E-state index in [9.17, 15) is 19.7 Å². The fraction of sp³-hybridized carbons (Fsp3) is 0.0455. The third kappa shape index (κ3) is 3.41. The van der Waals surface area contributed by atoms with E-state index in [4.69, 9.17) is 0 Å². The number of rotatable bonds is 5. The summed E-state index contributed by atoms with van der Waals surface area (Å²) in [7, 11) is 0. The summed E-state index contributed by atoms with van der Waals surface area (Å²) in [5.41, 5.74) is 1.86. The zero-order chi connectivity index (χ0) is 20.4. The van der Waals surface area contributed by atoms with Crippen LogP contribution in [0.25, 0.3) is 0 Å². The van der Waals surface area contributed by atoms with Crippen molar-refractivity contribution in [3.8, 4) is 0 Å². The molecule has 1 atom stereocenters. The monoisotopic (exact) mass is 385 g/mol. The molecule has 0 radical (unpaired) electrons. The second-order valence-corrected chi connectivity index (χ2v) is 6.44. The third-order valence-electron chi connectivity index (χ3n) is 4.64. The molecule has 3 aromatic carbocycles. The highest BCUT2D eigenvalue weighted by atomic mass is 16.6. The number of benzene rings is 3. The lowest BCUT2D eigenvalue weighted by atomic mass is 10.1. The third-order valence-corrected chi connectivity index (χ3v) is 4.64. The van der Waals surface area contributed by atoms with E-state index in [-0.39, 0.29) is 5.69 Å². The van der Waals surface area contributed by atoms with Crippen LogP contribution in [0.3, 0.4) is 0 Å². The van der Waals surface area contributed by atoms with Crippen molar-refractivity contribution in [3.05, 3.63) is 111 Å². The zero-order valence-corrected chi connectivity index (χ0v) is 15.1. The molecule has 0 saturated heterocycles. The molecular formula is C22H15N3O4. The summed E-state index contributed by atoms with van der Waals surface area (Å²) in [6.07, 6.45) is 0.638. The number of amides is 2. The highest BCUT2D eigenvalue weighted by Gasteiger charge is 2.40. The van der Waals surface area contributed by atoms with E-state index < -0.39 is 22.9 Å². The summed E-state index contributed by atoms with van der Waals surface area (Å²) < 4.78 is 0. The maximum absolute atomic E-state index is 12.9. The SMILES string of the molecule is O=C1c2ccccc2C(=O)N1C(/N=C/c1ccccc1)c1ccc([N+](=O)[O-])cc1. The lowest BCUT2D eigenvalue weighted by molar-refractivity contribution is -0.384. The molecule has 4 rings (SSSR count). The Balaban J connectivity index is 1.76. The van der Waals surface area contributed by atoms with Crippen molar-refractivity contribution < 1.29 is 14.5 Å². The predicted molar refractivity (Wildman–Crippen MR) is 107 cm³/mol. The van der Waals surface area contributed by atoms with Gasteiger partial charge in [-0.15, -0.1) is 0 Å². The molecular weight excluding hydrogens is 370 g/mol. The van der Waals surface area contributed by atoms with Gasteiger partial charge in [0.25, 0.3) is 17.5 Å². The quantitative estimate of drug-likeness (QED) is 0.287. The van der Waals surface area contributed by atoms with Gasteiger partial charge in [0, 0.05) is 18.3 Å². The predicted octanol–water partition coefficient (Wildman–Crippen LogP) is 4.01. The van der Waals surface area contributed by atoms with E-state index in [2.05, 4.69) is 4.99 Å². The first kappa shape index (κ1) is 18.2. The molecule has 0 saturated carbocycles. The summed E-state index contributed by atoms with van der Waals surface area (Å²) in [6, 6.07) is 21.5. The van der Waals surface area contributed by atoms with Gasteiger partial charge in [-0.05, 0) is 35.4 Å². The highest BCUT2D eigenvalue weighted by Crippen LogP contribution is 2.33. The Bertz CT molecular complexity index is 1090. The van der Waals surface area contributed by atoms with Gasteiger partial charge in [0.15, 0.2) is 6.17 Å². The van der Waals surface area contributed by atoms with E-state index in [1.54, 1.807) is 30.5 Å². The Morgan fingerprint density at radius 3 is 1.93 bits per heavy atom. The van der Waals surface area contributed by atoms with Crippen molar-refractivity contribution in [2.45, 2.75) is 6.17 Å². The number of non-ortho nitro benzene ring substituents is 1. The largest absolute Gasteiger partial charge is 0.269 e. The Labute approximate surface area is 166 Å². The average molecular weight is 385 g/mol. The topological polar surface area (TPSA) is 92.9 Å². The molecule has 0 aromatic heterocycles. The van der Waals surface area contributed by atoms with E-state index >= 15 is 0 Å². The Morgan fingerprint density at radius 1 is 0.828 bits per heavy atom. The first-order chi connectivity index (χ1) is 14.1. The number of nitro groups is 1. The van der Waals surface area contributed by atoms with Crippen molar-refractivity contribution >= 4 is 23.7 Å². The summed E-state index contributed by atoms with van der Waals surface area (Å²) >= 11 is 0. The molecule has 0 N–H and O–H groups in total. The molecule has 2 amide bonds. The summed E-state index contributed by atoms with van der Waals surface area (Å²) in [6.45, 7) is 0. The van der Waals surface area contributed by atoms with Crippen LogP contribution in [0.2, 0.25) is 0 Å². The van der Waals surface area contributed by atoms with Crippen LogP contribution >= 0.6 is 0 Å². The molecule has 0 spiro atoms. The molecule has 1 aliphatic heterocycles. The van der Waals surface area contributed by atoms with Gasteiger partial charge in [0.05, 0.1) is 16.1 Å². The molecule has 142 valence electrons. The van der Waals surface area contributed by atoms with Gasteiger partial charge < -0.3 is 0 Å². The van der Waals surface area contributed by atoms with Crippen LogP contribution in [0.1, 0.15) is 38.0 Å². The van der Waals surface area contributed by atoms with Gasteiger partial charge in [-0.1, -0.05) is 42.5 Å². The summed E-state index contributed by atoms with van der Waals surface area (Å²) in [4.78, 5) is 41.9. The molecule has 0 fully saturated rings.